The number of methoxy groups -OCH3 is 1. The molecule has 1 aromatic heterocycles. The molecule has 2 aromatic carbocycles. The van der Waals surface area contributed by atoms with E-state index >= 15 is 0 Å². The number of aromatic nitrogens is 1. The molecule has 2 N–H and O–H groups in total. The Labute approximate surface area is 169 Å². The molecule has 29 heavy (non-hydrogen) atoms. The number of ether oxygens (including phenoxy) is 2. The third kappa shape index (κ3) is 4.63. The lowest BCUT2D eigenvalue weighted by Crippen LogP contribution is -2.41. The molecule has 0 saturated carbocycles. The van der Waals surface area contributed by atoms with Crippen LogP contribution in [0.15, 0.2) is 48.5 Å². The molecule has 7 heteroatoms. The molecule has 3 aromatic rings. The predicted octanol–water partition coefficient (Wildman–Crippen LogP) is 3.41. The SMILES string of the molecule is COc1cc(C(=O)NNC(=O)c2cc(C)nc3ccccc23)ccc1OC(C)C. The molecule has 0 unspecified atom stereocenters. The quantitative estimate of drug-likeness (QED) is 0.649. The number of carbonyl (C=O) groups is 2. The van der Waals surface area contributed by atoms with Crippen LogP contribution >= 0.6 is 0 Å². The van der Waals surface area contributed by atoms with Gasteiger partial charge in [0.15, 0.2) is 11.5 Å². The number of nitrogens with one attached hydrogen (secondary N) is 2. The second-order valence-electron chi connectivity index (χ2n) is 6.77. The van der Waals surface area contributed by atoms with Crippen LogP contribution in [-0.2, 0) is 0 Å². The molecule has 1 heterocycles. The number of hydrazine groups is 1. The van der Waals surface area contributed by atoms with Crippen LogP contribution in [0.2, 0.25) is 0 Å². The molecule has 0 atom stereocenters. The number of para-hydroxylation sites is 1. The molecule has 0 radical (unpaired) electrons. The predicted molar refractivity (Wildman–Crippen MR) is 110 cm³/mol. The van der Waals surface area contributed by atoms with Gasteiger partial charge in [0.25, 0.3) is 11.8 Å². The van der Waals surface area contributed by atoms with Crippen molar-refractivity contribution in [2.75, 3.05) is 7.11 Å². The van der Waals surface area contributed by atoms with E-state index < -0.39 is 11.8 Å². The fraction of sp³-hybridized carbons (Fsp3) is 0.227. The smallest absolute Gasteiger partial charge is 0.270 e. The lowest BCUT2D eigenvalue weighted by molar-refractivity contribution is 0.0847. The van der Waals surface area contributed by atoms with E-state index in [1.165, 1.54) is 7.11 Å². The standard InChI is InChI=1S/C22H23N3O4/c1-13(2)29-19-10-9-15(12-20(19)28-4)21(26)24-25-22(27)17-11-14(3)23-18-8-6-5-7-16(17)18/h5-13H,1-4H3,(H,24,26)(H,25,27). The van der Waals surface area contributed by atoms with Crippen molar-refractivity contribution in [1.29, 1.82) is 0 Å². The van der Waals surface area contributed by atoms with Gasteiger partial charge in [0.05, 0.1) is 24.3 Å². The Kier molecular flexibility index (Phi) is 5.97. The number of nitrogens with zero attached hydrogens (tertiary/aromatic N) is 1. The van der Waals surface area contributed by atoms with Gasteiger partial charge >= 0.3 is 0 Å². The highest BCUT2D eigenvalue weighted by atomic mass is 16.5. The van der Waals surface area contributed by atoms with Gasteiger partial charge in [-0.1, -0.05) is 18.2 Å². The zero-order valence-electron chi connectivity index (χ0n) is 16.8. The number of carbonyl (C=O) groups excluding carboxylic acids is 2. The first-order valence-electron chi connectivity index (χ1n) is 9.21. The Morgan fingerprint density at radius 3 is 2.41 bits per heavy atom. The van der Waals surface area contributed by atoms with Gasteiger partial charge in [-0.25, -0.2) is 0 Å². The summed E-state index contributed by atoms with van der Waals surface area (Å²) in [6.45, 7) is 5.62. The Morgan fingerprint density at radius 1 is 0.966 bits per heavy atom. The van der Waals surface area contributed by atoms with Gasteiger partial charge in [-0.3, -0.25) is 25.4 Å². The minimum atomic E-state index is -0.470. The second kappa shape index (κ2) is 8.60. The Morgan fingerprint density at radius 2 is 1.69 bits per heavy atom. The molecule has 0 bridgehead atoms. The van der Waals surface area contributed by atoms with Gasteiger partial charge in [0, 0.05) is 16.6 Å². The fourth-order valence-electron chi connectivity index (χ4n) is 2.91. The number of hydrogen-bond acceptors (Lipinski definition) is 5. The highest BCUT2D eigenvalue weighted by molar-refractivity contribution is 6.07. The molecule has 0 aliphatic heterocycles. The van der Waals surface area contributed by atoms with Crippen LogP contribution in [0.25, 0.3) is 10.9 Å². The average molecular weight is 393 g/mol. The maximum Gasteiger partial charge on any atom is 0.270 e. The largest absolute Gasteiger partial charge is 0.493 e. The Bertz CT molecular complexity index is 1060. The van der Waals surface area contributed by atoms with Crippen LogP contribution in [-0.4, -0.2) is 30.0 Å². The van der Waals surface area contributed by atoms with Crippen LogP contribution in [0.4, 0.5) is 0 Å². The molecular formula is C22H23N3O4. The van der Waals surface area contributed by atoms with Gasteiger partial charge in [-0.05, 0) is 51.1 Å². The number of amides is 2. The van der Waals surface area contributed by atoms with Crippen molar-refractivity contribution in [3.63, 3.8) is 0 Å². The van der Waals surface area contributed by atoms with Crippen molar-refractivity contribution < 1.29 is 19.1 Å². The van der Waals surface area contributed by atoms with E-state index in [0.29, 0.717) is 33.7 Å². The first-order chi connectivity index (χ1) is 13.9. The van der Waals surface area contributed by atoms with Crippen molar-refractivity contribution in [3.05, 3.63) is 65.4 Å². The third-order valence-electron chi connectivity index (χ3n) is 4.17. The summed E-state index contributed by atoms with van der Waals surface area (Å²) < 4.78 is 10.9. The summed E-state index contributed by atoms with van der Waals surface area (Å²) in [5.74, 6) is 0.0878. The highest BCUT2D eigenvalue weighted by Crippen LogP contribution is 2.29. The highest BCUT2D eigenvalue weighted by Gasteiger charge is 2.15. The van der Waals surface area contributed by atoms with E-state index in [0.717, 1.165) is 5.52 Å². The lowest BCUT2D eigenvalue weighted by atomic mass is 10.1. The van der Waals surface area contributed by atoms with E-state index in [2.05, 4.69) is 15.8 Å². The summed E-state index contributed by atoms with van der Waals surface area (Å²) in [4.78, 5) is 29.5. The molecule has 0 aliphatic carbocycles. The molecule has 0 spiro atoms. The fourth-order valence-corrected chi connectivity index (χ4v) is 2.91. The average Bonchev–Trinajstić information content (AvgIpc) is 2.70. The second-order valence-corrected chi connectivity index (χ2v) is 6.77. The van der Waals surface area contributed by atoms with Gasteiger partial charge in [0.2, 0.25) is 0 Å². The van der Waals surface area contributed by atoms with E-state index in [-0.39, 0.29) is 6.10 Å². The van der Waals surface area contributed by atoms with Crippen molar-refractivity contribution in [3.8, 4) is 11.5 Å². The number of aryl methyl sites for hydroxylation is 1. The maximum absolute atomic E-state index is 12.6. The van der Waals surface area contributed by atoms with Crippen LogP contribution in [0.5, 0.6) is 11.5 Å². The Hall–Kier alpha value is -3.61. The van der Waals surface area contributed by atoms with Crippen LogP contribution in [0.1, 0.15) is 40.3 Å². The Balaban J connectivity index is 1.75. The maximum atomic E-state index is 12.6. The lowest BCUT2D eigenvalue weighted by Gasteiger charge is -2.15. The minimum absolute atomic E-state index is 0.0264. The zero-order chi connectivity index (χ0) is 21.0. The van der Waals surface area contributed by atoms with Crippen molar-refractivity contribution >= 4 is 22.7 Å². The van der Waals surface area contributed by atoms with Gasteiger partial charge < -0.3 is 9.47 Å². The van der Waals surface area contributed by atoms with Crippen molar-refractivity contribution in [2.24, 2.45) is 0 Å². The molecule has 0 saturated heterocycles. The minimum Gasteiger partial charge on any atom is -0.493 e. The molecule has 150 valence electrons. The summed E-state index contributed by atoms with van der Waals surface area (Å²) in [5.41, 5.74) is 7.10. The number of benzene rings is 2. The number of pyridine rings is 1. The van der Waals surface area contributed by atoms with Gasteiger partial charge in [0.1, 0.15) is 0 Å². The summed E-state index contributed by atoms with van der Waals surface area (Å²) in [7, 11) is 1.50. The van der Waals surface area contributed by atoms with E-state index in [4.69, 9.17) is 9.47 Å². The summed E-state index contributed by atoms with van der Waals surface area (Å²) in [6, 6.07) is 13.9. The molecule has 7 nitrogen and oxygen atoms in total. The summed E-state index contributed by atoms with van der Waals surface area (Å²) in [5, 5.41) is 0.710. The van der Waals surface area contributed by atoms with Crippen LogP contribution in [0, 0.1) is 6.92 Å². The summed E-state index contributed by atoms with van der Waals surface area (Å²) >= 11 is 0. The first kappa shape index (κ1) is 20.1. The van der Waals surface area contributed by atoms with Crippen molar-refractivity contribution in [1.82, 2.24) is 15.8 Å². The van der Waals surface area contributed by atoms with Crippen LogP contribution < -0.4 is 20.3 Å². The molecule has 0 fully saturated rings. The topological polar surface area (TPSA) is 89.6 Å². The molecule has 2 amide bonds. The number of fused-ring (bicyclic) bond motifs is 1. The van der Waals surface area contributed by atoms with Gasteiger partial charge in [-0.15, -0.1) is 0 Å². The van der Waals surface area contributed by atoms with Crippen molar-refractivity contribution in [2.45, 2.75) is 26.9 Å². The molecular weight excluding hydrogens is 370 g/mol. The molecule has 3 rings (SSSR count). The molecule has 0 aliphatic rings. The van der Waals surface area contributed by atoms with E-state index in [1.807, 2.05) is 45.0 Å². The normalized spacial score (nSPS) is 10.7. The van der Waals surface area contributed by atoms with E-state index in [9.17, 15) is 9.59 Å². The van der Waals surface area contributed by atoms with E-state index in [1.54, 1.807) is 24.3 Å². The zero-order valence-corrected chi connectivity index (χ0v) is 16.8. The number of rotatable bonds is 5. The van der Waals surface area contributed by atoms with Gasteiger partial charge in [-0.2, -0.15) is 0 Å². The van der Waals surface area contributed by atoms with Crippen LogP contribution in [0.3, 0.4) is 0 Å². The monoisotopic (exact) mass is 393 g/mol. The number of hydrogen-bond donors (Lipinski definition) is 2. The first-order valence-corrected chi connectivity index (χ1v) is 9.21. The third-order valence-corrected chi connectivity index (χ3v) is 4.17. The summed E-state index contributed by atoms with van der Waals surface area (Å²) in [6.07, 6.45) is -0.0264.